The van der Waals surface area contributed by atoms with Crippen molar-refractivity contribution in [2.45, 2.75) is 45.3 Å². The molecule has 0 saturated carbocycles. The molecule has 0 spiro atoms. The Morgan fingerprint density at radius 3 is 2.56 bits per heavy atom. The van der Waals surface area contributed by atoms with Crippen LogP contribution in [0.15, 0.2) is 48.7 Å². The predicted octanol–water partition coefficient (Wildman–Crippen LogP) is 3.74. The van der Waals surface area contributed by atoms with Crippen molar-refractivity contribution in [2.75, 3.05) is 19.6 Å². The van der Waals surface area contributed by atoms with E-state index >= 15 is 0 Å². The van der Waals surface area contributed by atoms with Crippen molar-refractivity contribution in [1.82, 2.24) is 14.8 Å². The van der Waals surface area contributed by atoms with E-state index in [2.05, 4.69) is 64.2 Å². The fraction of sp³-hybridized carbons (Fsp3) is 0.500. The van der Waals surface area contributed by atoms with Crippen molar-refractivity contribution in [3.05, 3.63) is 65.5 Å². The van der Waals surface area contributed by atoms with Crippen molar-refractivity contribution < 1.29 is 0 Å². The Morgan fingerprint density at radius 2 is 1.80 bits per heavy atom. The first kappa shape index (κ1) is 16.7. The number of aryl methyl sites for hydroxylation is 1. The van der Waals surface area contributed by atoms with Gasteiger partial charge in [-0.25, -0.2) is 0 Å². The fourth-order valence-electron chi connectivity index (χ4n) is 4.41. The van der Waals surface area contributed by atoms with Crippen LogP contribution in [0.1, 0.15) is 36.6 Å². The second kappa shape index (κ2) is 7.67. The van der Waals surface area contributed by atoms with Gasteiger partial charge >= 0.3 is 0 Å². The number of piperidine rings is 1. The molecule has 0 unspecified atom stereocenters. The number of aromatic nitrogens is 1. The number of rotatable bonds is 5. The predicted molar refractivity (Wildman–Crippen MR) is 102 cm³/mol. The third-order valence-electron chi connectivity index (χ3n) is 5.81. The Kier molecular flexibility index (Phi) is 5.14. The Hall–Kier alpha value is -1.71. The first-order valence-corrected chi connectivity index (χ1v) is 9.74. The van der Waals surface area contributed by atoms with Crippen LogP contribution in [0.5, 0.6) is 0 Å². The molecule has 0 radical (unpaired) electrons. The molecule has 0 amide bonds. The number of fused-ring (bicyclic) bond motifs is 4. The third kappa shape index (κ3) is 4.10. The highest BCUT2D eigenvalue weighted by atomic mass is 15.3. The highest BCUT2D eigenvalue weighted by molar-refractivity contribution is 5.15. The van der Waals surface area contributed by atoms with Gasteiger partial charge in [0.15, 0.2) is 0 Å². The number of pyridine rings is 1. The zero-order valence-corrected chi connectivity index (χ0v) is 15.3. The summed E-state index contributed by atoms with van der Waals surface area (Å²) in [6, 6.07) is 16.1. The second-order valence-corrected chi connectivity index (χ2v) is 7.72. The van der Waals surface area contributed by atoms with Crippen LogP contribution in [0.25, 0.3) is 0 Å². The van der Waals surface area contributed by atoms with E-state index in [0.717, 1.165) is 25.4 Å². The van der Waals surface area contributed by atoms with Crippen LogP contribution in [0.3, 0.4) is 0 Å². The minimum atomic E-state index is 0.676. The van der Waals surface area contributed by atoms with E-state index in [-0.39, 0.29) is 0 Å². The van der Waals surface area contributed by atoms with Crippen LogP contribution in [0.4, 0.5) is 0 Å². The largest absolute Gasteiger partial charge is 0.297 e. The van der Waals surface area contributed by atoms with Gasteiger partial charge < -0.3 is 0 Å². The van der Waals surface area contributed by atoms with E-state index < -0.39 is 0 Å². The van der Waals surface area contributed by atoms with Crippen molar-refractivity contribution in [3.8, 4) is 0 Å². The molecule has 3 fully saturated rings. The normalized spacial score (nSPS) is 24.4. The molecule has 132 valence electrons. The maximum Gasteiger partial charge on any atom is 0.0544 e. The number of benzene rings is 1. The molecule has 5 rings (SSSR count). The van der Waals surface area contributed by atoms with E-state index in [9.17, 15) is 0 Å². The molecule has 2 aromatic rings. The summed E-state index contributed by atoms with van der Waals surface area (Å²) in [4.78, 5) is 10.0. The van der Waals surface area contributed by atoms with Crippen molar-refractivity contribution in [3.63, 3.8) is 0 Å². The number of hydrogen-bond acceptors (Lipinski definition) is 3. The topological polar surface area (TPSA) is 19.4 Å². The van der Waals surface area contributed by atoms with Crippen molar-refractivity contribution in [2.24, 2.45) is 5.92 Å². The summed E-state index contributed by atoms with van der Waals surface area (Å²) in [7, 11) is 0. The van der Waals surface area contributed by atoms with E-state index in [1.54, 1.807) is 0 Å². The van der Waals surface area contributed by atoms with Gasteiger partial charge in [0.2, 0.25) is 0 Å². The molecule has 3 aliphatic rings. The Balaban J connectivity index is 1.42. The molecule has 3 saturated heterocycles. The maximum absolute atomic E-state index is 4.69. The molecule has 3 heteroatoms. The number of hydrogen-bond donors (Lipinski definition) is 0. The highest BCUT2D eigenvalue weighted by Gasteiger charge is 2.34. The smallest absolute Gasteiger partial charge is 0.0544 e. The van der Waals surface area contributed by atoms with E-state index in [1.165, 1.54) is 49.3 Å². The average molecular weight is 335 g/mol. The molecule has 3 nitrogen and oxygen atoms in total. The first-order valence-electron chi connectivity index (χ1n) is 9.74. The van der Waals surface area contributed by atoms with E-state index in [0.29, 0.717) is 6.04 Å². The van der Waals surface area contributed by atoms with Gasteiger partial charge in [-0.1, -0.05) is 43.3 Å². The molecule has 2 atom stereocenters. The Labute approximate surface area is 151 Å². The first-order chi connectivity index (χ1) is 12.3. The van der Waals surface area contributed by atoms with Gasteiger partial charge in [0.25, 0.3) is 0 Å². The van der Waals surface area contributed by atoms with E-state index in [4.69, 9.17) is 0 Å². The summed E-state index contributed by atoms with van der Waals surface area (Å²) in [5.74, 6) is 0.803. The van der Waals surface area contributed by atoms with Crippen LogP contribution < -0.4 is 0 Å². The van der Waals surface area contributed by atoms with Crippen molar-refractivity contribution in [1.29, 1.82) is 0 Å². The molecule has 0 N–H and O–H groups in total. The molecule has 4 heterocycles. The van der Waals surface area contributed by atoms with Gasteiger partial charge in [-0.2, -0.15) is 0 Å². The lowest BCUT2D eigenvalue weighted by Crippen LogP contribution is -2.43. The van der Waals surface area contributed by atoms with Gasteiger partial charge in [0.05, 0.1) is 5.69 Å². The summed E-state index contributed by atoms with van der Waals surface area (Å²) < 4.78 is 0. The molecule has 3 aliphatic heterocycles. The number of nitrogens with zero attached hydrogens (tertiary/aromatic N) is 3. The van der Waals surface area contributed by atoms with Crippen LogP contribution in [0, 0.1) is 5.92 Å². The monoisotopic (exact) mass is 335 g/mol. The molecule has 2 bridgehead atoms. The Morgan fingerprint density at radius 1 is 0.920 bits per heavy atom. The lowest BCUT2D eigenvalue weighted by molar-refractivity contribution is 0.121. The van der Waals surface area contributed by atoms with Crippen molar-refractivity contribution >= 4 is 0 Å². The van der Waals surface area contributed by atoms with Crippen LogP contribution in [-0.2, 0) is 19.5 Å². The zero-order valence-electron chi connectivity index (χ0n) is 15.3. The van der Waals surface area contributed by atoms with Crippen LogP contribution in [0.2, 0.25) is 0 Å². The summed E-state index contributed by atoms with van der Waals surface area (Å²) in [6.45, 7) is 7.94. The van der Waals surface area contributed by atoms with Gasteiger partial charge in [0, 0.05) is 45.0 Å². The van der Waals surface area contributed by atoms with Gasteiger partial charge in [-0.3, -0.25) is 14.8 Å². The summed E-state index contributed by atoms with van der Waals surface area (Å²) in [5, 5.41) is 0. The summed E-state index contributed by atoms with van der Waals surface area (Å²) >= 11 is 0. The minimum Gasteiger partial charge on any atom is -0.297 e. The van der Waals surface area contributed by atoms with E-state index in [1.807, 2.05) is 6.20 Å². The lowest BCUT2D eigenvalue weighted by atomic mass is 9.95. The minimum absolute atomic E-state index is 0.676. The molecule has 1 aromatic heterocycles. The Bertz CT molecular complexity index is 667. The molecular weight excluding hydrogens is 306 g/mol. The average Bonchev–Trinajstić information content (AvgIpc) is 2.94. The maximum atomic E-state index is 4.69. The lowest BCUT2D eigenvalue weighted by Gasteiger charge is -2.36. The van der Waals surface area contributed by atoms with Gasteiger partial charge in [-0.15, -0.1) is 0 Å². The van der Waals surface area contributed by atoms with Gasteiger partial charge in [-0.05, 0) is 42.4 Å². The van der Waals surface area contributed by atoms with Crippen LogP contribution >= 0.6 is 0 Å². The third-order valence-corrected chi connectivity index (χ3v) is 5.81. The summed E-state index contributed by atoms with van der Waals surface area (Å²) in [5.41, 5.74) is 3.99. The molecule has 25 heavy (non-hydrogen) atoms. The summed E-state index contributed by atoms with van der Waals surface area (Å²) in [6.07, 6.45) is 5.83. The van der Waals surface area contributed by atoms with Gasteiger partial charge in [0.1, 0.15) is 0 Å². The quantitative estimate of drug-likeness (QED) is 0.830. The molecule has 1 aromatic carbocycles. The van der Waals surface area contributed by atoms with Crippen LogP contribution in [-0.4, -0.2) is 40.5 Å². The highest BCUT2D eigenvalue weighted by Crippen LogP contribution is 2.29. The zero-order chi connectivity index (χ0) is 17.1. The SMILES string of the molecule is CCc1ccc(CN2C[C@H]3CC[C@@H]2CN(Cc2ccccc2)C3)nc1. The molecular formula is C22H29N3. The molecule has 0 aliphatic carbocycles. The second-order valence-electron chi connectivity index (χ2n) is 7.72. The fourth-order valence-corrected chi connectivity index (χ4v) is 4.41. The standard InChI is InChI=1S/C22H29N3/c1-2-18-8-10-21(23-12-18)16-25-15-20-9-11-22(25)17-24(14-20)13-19-6-4-3-5-7-19/h3-8,10,12,20,22H,2,9,11,13-17H2,1H3/t20-,22+/m0/s1.